The van der Waals surface area contributed by atoms with Gasteiger partial charge in [0.05, 0.1) is 0 Å². The number of aromatic nitrogens is 2. The summed E-state index contributed by atoms with van der Waals surface area (Å²) in [5, 5.41) is 2.81. The van der Waals surface area contributed by atoms with Crippen LogP contribution in [-0.2, 0) is 6.54 Å². The summed E-state index contributed by atoms with van der Waals surface area (Å²) in [7, 11) is 0. The van der Waals surface area contributed by atoms with E-state index < -0.39 is 0 Å². The molecule has 2 aromatic heterocycles. The zero-order chi connectivity index (χ0) is 18.4. The number of nitrogens with zero attached hydrogens (tertiary/aromatic N) is 3. The molecule has 2 amide bonds. The Kier molecular flexibility index (Phi) is 5.94. The first-order valence-electron chi connectivity index (χ1n) is 9.14. The summed E-state index contributed by atoms with van der Waals surface area (Å²) in [5.41, 5.74) is 1.50. The van der Waals surface area contributed by atoms with Crippen molar-refractivity contribution in [3.8, 4) is 0 Å². The molecule has 1 atom stereocenters. The summed E-state index contributed by atoms with van der Waals surface area (Å²) in [5.74, 6) is -0.382. The Hall–Kier alpha value is -2.76. The van der Waals surface area contributed by atoms with E-state index in [9.17, 15) is 9.59 Å². The van der Waals surface area contributed by atoms with Crippen LogP contribution in [0.5, 0.6) is 0 Å². The van der Waals surface area contributed by atoms with Gasteiger partial charge in [0.25, 0.3) is 11.8 Å². The van der Waals surface area contributed by atoms with Crippen LogP contribution in [0.1, 0.15) is 59.1 Å². The van der Waals surface area contributed by atoms with Crippen LogP contribution in [-0.4, -0.2) is 39.3 Å². The summed E-state index contributed by atoms with van der Waals surface area (Å²) >= 11 is 0. The minimum absolute atomic E-state index is 0.0848. The largest absolute Gasteiger partial charge is 0.347 e. The van der Waals surface area contributed by atoms with Gasteiger partial charge >= 0.3 is 0 Å². The molecule has 1 unspecified atom stereocenters. The molecule has 0 aromatic carbocycles. The van der Waals surface area contributed by atoms with Crippen LogP contribution >= 0.6 is 0 Å². The topological polar surface area (TPSA) is 75.2 Å². The number of carbonyl (C=O) groups excluding carboxylic acids is 2. The van der Waals surface area contributed by atoms with Crippen molar-refractivity contribution < 1.29 is 9.59 Å². The molecule has 0 saturated carbocycles. The number of rotatable bonds is 5. The van der Waals surface area contributed by atoms with Crippen molar-refractivity contribution in [2.45, 2.75) is 45.2 Å². The van der Waals surface area contributed by atoms with E-state index in [1.54, 1.807) is 30.6 Å². The molecule has 1 aliphatic rings. The third-order valence-corrected chi connectivity index (χ3v) is 4.74. The highest BCUT2D eigenvalue weighted by Gasteiger charge is 2.27. The van der Waals surface area contributed by atoms with E-state index in [-0.39, 0.29) is 23.6 Å². The van der Waals surface area contributed by atoms with Gasteiger partial charge in [0.2, 0.25) is 0 Å². The Morgan fingerprint density at radius 2 is 2.04 bits per heavy atom. The van der Waals surface area contributed by atoms with Crippen LogP contribution in [0.2, 0.25) is 0 Å². The summed E-state index contributed by atoms with van der Waals surface area (Å²) in [4.78, 5) is 35.5. The first kappa shape index (κ1) is 18.0. The molecular formula is C20H24N4O2. The lowest BCUT2D eigenvalue weighted by Crippen LogP contribution is -2.43. The van der Waals surface area contributed by atoms with E-state index in [2.05, 4.69) is 22.2 Å². The highest BCUT2D eigenvalue weighted by Crippen LogP contribution is 2.21. The van der Waals surface area contributed by atoms with Gasteiger partial charge in [0, 0.05) is 31.5 Å². The lowest BCUT2D eigenvalue weighted by atomic mass is 9.99. The maximum absolute atomic E-state index is 12.8. The normalized spacial score (nSPS) is 17.0. The second-order valence-electron chi connectivity index (χ2n) is 6.51. The molecule has 1 saturated heterocycles. The Morgan fingerprint density at radius 1 is 1.19 bits per heavy atom. The second-order valence-corrected chi connectivity index (χ2v) is 6.51. The highest BCUT2D eigenvalue weighted by molar-refractivity contribution is 5.96. The third kappa shape index (κ3) is 4.25. The molecule has 3 rings (SSSR count). The van der Waals surface area contributed by atoms with E-state index in [0.29, 0.717) is 12.2 Å². The smallest absolute Gasteiger partial charge is 0.272 e. The molecule has 0 aliphatic carbocycles. The number of carbonyl (C=O) groups is 2. The van der Waals surface area contributed by atoms with Crippen molar-refractivity contribution >= 4 is 11.8 Å². The maximum atomic E-state index is 12.8. The Balaban J connectivity index is 1.69. The summed E-state index contributed by atoms with van der Waals surface area (Å²) < 4.78 is 0. The van der Waals surface area contributed by atoms with E-state index >= 15 is 0 Å². The minimum Gasteiger partial charge on any atom is -0.347 e. The fourth-order valence-electron chi connectivity index (χ4n) is 3.30. The number of hydrogen-bond donors (Lipinski definition) is 1. The number of nitrogens with one attached hydrogen (secondary N) is 1. The molecule has 1 aliphatic heterocycles. The van der Waals surface area contributed by atoms with E-state index in [4.69, 9.17) is 0 Å². The van der Waals surface area contributed by atoms with E-state index in [1.807, 2.05) is 17.0 Å². The summed E-state index contributed by atoms with van der Waals surface area (Å²) in [6.45, 7) is 3.24. The van der Waals surface area contributed by atoms with Crippen LogP contribution < -0.4 is 5.32 Å². The monoisotopic (exact) mass is 352 g/mol. The first-order valence-corrected chi connectivity index (χ1v) is 9.14. The average molecular weight is 352 g/mol. The summed E-state index contributed by atoms with van der Waals surface area (Å²) in [6, 6.07) is 9.00. The standard InChI is InChI=1S/C20H24N4O2/c1-2-16-8-3-4-12-24(16)20(26)18-10-5-9-17(23-18)19(25)22-14-15-7-6-11-21-13-15/h5-7,9-11,13,16H,2-4,8,12,14H2,1H3,(H,22,25). The maximum Gasteiger partial charge on any atom is 0.272 e. The van der Waals surface area contributed by atoms with Crippen LogP contribution in [0.15, 0.2) is 42.7 Å². The summed E-state index contributed by atoms with van der Waals surface area (Å²) in [6.07, 6.45) is 7.55. The van der Waals surface area contributed by atoms with Crippen molar-refractivity contribution in [1.29, 1.82) is 0 Å². The molecular weight excluding hydrogens is 328 g/mol. The Morgan fingerprint density at radius 3 is 2.81 bits per heavy atom. The molecule has 0 radical (unpaired) electrons. The zero-order valence-corrected chi connectivity index (χ0v) is 15.0. The number of pyridine rings is 2. The molecule has 1 fully saturated rings. The van der Waals surface area contributed by atoms with Crippen molar-refractivity contribution in [3.05, 3.63) is 59.7 Å². The van der Waals surface area contributed by atoms with E-state index in [1.165, 1.54) is 0 Å². The van der Waals surface area contributed by atoms with Crippen molar-refractivity contribution in [2.75, 3.05) is 6.54 Å². The quantitative estimate of drug-likeness (QED) is 0.898. The van der Waals surface area contributed by atoms with Crippen molar-refractivity contribution in [2.24, 2.45) is 0 Å². The highest BCUT2D eigenvalue weighted by atomic mass is 16.2. The fraction of sp³-hybridized carbons (Fsp3) is 0.400. The molecule has 2 aromatic rings. The third-order valence-electron chi connectivity index (χ3n) is 4.74. The van der Waals surface area contributed by atoms with Crippen LogP contribution in [0.4, 0.5) is 0 Å². The Labute approximate surface area is 153 Å². The number of likely N-dealkylation sites (tertiary alicyclic amines) is 1. The van der Waals surface area contributed by atoms with Gasteiger partial charge in [-0.05, 0) is 49.4 Å². The molecule has 0 bridgehead atoms. The molecule has 6 heteroatoms. The molecule has 3 heterocycles. The number of piperidine rings is 1. The van der Waals surface area contributed by atoms with Gasteiger partial charge in [0.1, 0.15) is 11.4 Å². The zero-order valence-electron chi connectivity index (χ0n) is 15.0. The molecule has 26 heavy (non-hydrogen) atoms. The Bertz CT molecular complexity index is 763. The van der Waals surface area contributed by atoms with Crippen LogP contribution in [0.3, 0.4) is 0 Å². The second kappa shape index (κ2) is 8.56. The molecule has 136 valence electrons. The van der Waals surface area contributed by atoms with Gasteiger partial charge in [-0.3, -0.25) is 14.6 Å². The van der Waals surface area contributed by atoms with Gasteiger partial charge in [-0.1, -0.05) is 19.1 Å². The molecule has 6 nitrogen and oxygen atoms in total. The average Bonchev–Trinajstić information content (AvgIpc) is 2.72. The lowest BCUT2D eigenvalue weighted by Gasteiger charge is -2.35. The van der Waals surface area contributed by atoms with Gasteiger partial charge in [-0.15, -0.1) is 0 Å². The van der Waals surface area contributed by atoms with Crippen molar-refractivity contribution in [3.63, 3.8) is 0 Å². The van der Waals surface area contributed by atoms with Crippen LogP contribution in [0.25, 0.3) is 0 Å². The van der Waals surface area contributed by atoms with Gasteiger partial charge < -0.3 is 10.2 Å². The van der Waals surface area contributed by atoms with Gasteiger partial charge in [0.15, 0.2) is 0 Å². The van der Waals surface area contributed by atoms with Gasteiger partial charge in [-0.2, -0.15) is 0 Å². The predicted octanol–water partition coefficient (Wildman–Crippen LogP) is 2.81. The van der Waals surface area contributed by atoms with Crippen LogP contribution in [0, 0.1) is 0 Å². The number of hydrogen-bond acceptors (Lipinski definition) is 4. The SMILES string of the molecule is CCC1CCCCN1C(=O)c1cccc(C(=O)NCc2cccnc2)n1. The minimum atomic E-state index is -0.297. The van der Waals surface area contributed by atoms with Crippen molar-refractivity contribution in [1.82, 2.24) is 20.2 Å². The van der Waals surface area contributed by atoms with E-state index in [0.717, 1.165) is 37.8 Å². The molecule has 0 spiro atoms. The van der Waals surface area contributed by atoms with Gasteiger partial charge in [-0.25, -0.2) is 4.98 Å². The lowest BCUT2D eigenvalue weighted by molar-refractivity contribution is 0.0602. The first-order chi connectivity index (χ1) is 12.7. The fourth-order valence-corrected chi connectivity index (χ4v) is 3.30. The predicted molar refractivity (Wildman–Crippen MR) is 98.6 cm³/mol. The number of amides is 2. The molecule has 1 N–H and O–H groups in total.